The number of imidazole rings is 1. The predicted octanol–water partition coefficient (Wildman–Crippen LogP) is 2.46. The first kappa shape index (κ1) is 13.1. The van der Waals surface area contributed by atoms with Gasteiger partial charge in [-0.2, -0.15) is 5.10 Å². The molecule has 106 valence electrons. The molecule has 2 aromatic heterocycles. The van der Waals surface area contributed by atoms with Crippen molar-refractivity contribution in [2.45, 2.75) is 13.8 Å². The Kier molecular flexibility index (Phi) is 3.27. The molecule has 3 rings (SSSR count). The second-order valence-corrected chi connectivity index (χ2v) is 4.75. The minimum atomic E-state index is -0.175. The SMILES string of the molecule is Cc1n[nH]c(C)c1C(=O)Nc1ccccc1-n1ccnc1. The van der Waals surface area contributed by atoms with Crippen molar-refractivity contribution in [2.24, 2.45) is 0 Å². The third-order valence-electron chi connectivity index (χ3n) is 3.29. The molecular formula is C15H15N5O. The number of aromatic amines is 1. The summed E-state index contributed by atoms with van der Waals surface area (Å²) in [7, 11) is 0. The fourth-order valence-corrected chi connectivity index (χ4v) is 2.28. The number of nitrogens with one attached hydrogen (secondary N) is 2. The van der Waals surface area contributed by atoms with Gasteiger partial charge in [0.1, 0.15) is 0 Å². The van der Waals surface area contributed by atoms with E-state index >= 15 is 0 Å². The first-order chi connectivity index (χ1) is 10.2. The highest BCUT2D eigenvalue weighted by Gasteiger charge is 2.16. The lowest BCUT2D eigenvalue weighted by atomic mass is 10.1. The van der Waals surface area contributed by atoms with Crippen LogP contribution in [0, 0.1) is 13.8 Å². The Morgan fingerprint density at radius 3 is 2.76 bits per heavy atom. The van der Waals surface area contributed by atoms with Crippen LogP contribution in [0.3, 0.4) is 0 Å². The number of aromatic nitrogens is 4. The molecule has 1 aromatic carbocycles. The number of carbonyl (C=O) groups excluding carboxylic acids is 1. The molecule has 0 aliphatic rings. The highest BCUT2D eigenvalue weighted by atomic mass is 16.1. The number of nitrogens with zero attached hydrogens (tertiary/aromatic N) is 3. The summed E-state index contributed by atoms with van der Waals surface area (Å²) in [6.07, 6.45) is 5.22. The number of anilines is 1. The zero-order chi connectivity index (χ0) is 14.8. The van der Waals surface area contributed by atoms with Crippen LogP contribution in [-0.2, 0) is 0 Å². The highest BCUT2D eigenvalue weighted by Crippen LogP contribution is 2.21. The van der Waals surface area contributed by atoms with Crippen molar-refractivity contribution in [1.29, 1.82) is 0 Å². The number of hydrogen-bond acceptors (Lipinski definition) is 3. The molecule has 21 heavy (non-hydrogen) atoms. The van der Waals surface area contributed by atoms with Gasteiger partial charge in [0.15, 0.2) is 0 Å². The van der Waals surface area contributed by atoms with Gasteiger partial charge in [0, 0.05) is 18.1 Å². The topological polar surface area (TPSA) is 75.6 Å². The first-order valence-corrected chi connectivity index (χ1v) is 6.57. The van der Waals surface area contributed by atoms with Gasteiger partial charge in [-0.15, -0.1) is 0 Å². The maximum atomic E-state index is 12.4. The number of H-pyrrole nitrogens is 1. The molecule has 0 aliphatic heterocycles. The molecule has 0 aliphatic carbocycles. The summed E-state index contributed by atoms with van der Waals surface area (Å²) in [5.74, 6) is -0.175. The van der Waals surface area contributed by atoms with Gasteiger partial charge in [0.25, 0.3) is 5.91 Å². The number of carbonyl (C=O) groups is 1. The Morgan fingerprint density at radius 2 is 2.10 bits per heavy atom. The Hall–Kier alpha value is -2.89. The molecule has 2 heterocycles. The average Bonchev–Trinajstić information content (AvgIpc) is 3.10. The zero-order valence-electron chi connectivity index (χ0n) is 11.8. The second-order valence-electron chi connectivity index (χ2n) is 4.75. The number of para-hydroxylation sites is 2. The molecule has 0 bridgehead atoms. The monoisotopic (exact) mass is 281 g/mol. The summed E-state index contributed by atoms with van der Waals surface area (Å²) in [5, 5.41) is 9.81. The van der Waals surface area contributed by atoms with Crippen molar-refractivity contribution in [3.8, 4) is 5.69 Å². The molecule has 0 radical (unpaired) electrons. The van der Waals surface area contributed by atoms with Crippen molar-refractivity contribution >= 4 is 11.6 Å². The summed E-state index contributed by atoms with van der Waals surface area (Å²) in [6, 6.07) is 7.58. The average molecular weight is 281 g/mol. The van der Waals surface area contributed by atoms with Crippen LogP contribution in [0.1, 0.15) is 21.7 Å². The molecule has 0 atom stereocenters. The molecule has 0 spiro atoms. The molecule has 0 unspecified atom stereocenters. The van der Waals surface area contributed by atoms with Crippen LogP contribution in [0.15, 0.2) is 43.0 Å². The lowest BCUT2D eigenvalue weighted by Crippen LogP contribution is -2.15. The van der Waals surface area contributed by atoms with E-state index < -0.39 is 0 Å². The van der Waals surface area contributed by atoms with Gasteiger partial charge in [0.05, 0.1) is 29.0 Å². The smallest absolute Gasteiger partial charge is 0.259 e. The van der Waals surface area contributed by atoms with Crippen molar-refractivity contribution in [1.82, 2.24) is 19.7 Å². The fraction of sp³-hybridized carbons (Fsp3) is 0.133. The number of hydrogen-bond donors (Lipinski definition) is 2. The lowest BCUT2D eigenvalue weighted by Gasteiger charge is -2.11. The van der Waals surface area contributed by atoms with E-state index in [0.29, 0.717) is 11.3 Å². The number of benzene rings is 1. The fourth-order valence-electron chi connectivity index (χ4n) is 2.28. The third-order valence-corrected chi connectivity index (χ3v) is 3.29. The molecular weight excluding hydrogens is 266 g/mol. The van der Waals surface area contributed by atoms with Gasteiger partial charge in [-0.3, -0.25) is 9.89 Å². The van der Waals surface area contributed by atoms with E-state index in [1.807, 2.05) is 42.0 Å². The van der Waals surface area contributed by atoms with E-state index in [-0.39, 0.29) is 5.91 Å². The molecule has 6 heteroatoms. The number of rotatable bonds is 3. The maximum absolute atomic E-state index is 12.4. The van der Waals surface area contributed by atoms with Gasteiger partial charge in [0.2, 0.25) is 0 Å². The largest absolute Gasteiger partial charge is 0.320 e. The van der Waals surface area contributed by atoms with Gasteiger partial charge in [-0.1, -0.05) is 12.1 Å². The maximum Gasteiger partial charge on any atom is 0.259 e. The summed E-state index contributed by atoms with van der Waals surface area (Å²) in [6.45, 7) is 3.64. The van der Waals surface area contributed by atoms with Crippen LogP contribution < -0.4 is 5.32 Å². The van der Waals surface area contributed by atoms with E-state index in [0.717, 1.165) is 17.1 Å². The molecule has 0 saturated carbocycles. The molecule has 0 fully saturated rings. The summed E-state index contributed by atoms with van der Waals surface area (Å²) >= 11 is 0. The molecule has 0 saturated heterocycles. The zero-order valence-corrected chi connectivity index (χ0v) is 11.8. The van der Waals surface area contributed by atoms with Gasteiger partial charge < -0.3 is 9.88 Å². The third kappa shape index (κ3) is 2.43. The summed E-state index contributed by atoms with van der Waals surface area (Å²) in [4.78, 5) is 16.5. The first-order valence-electron chi connectivity index (χ1n) is 6.57. The Morgan fingerprint density at radius 1 is 1.29 bits per heavy atom. The van der Waals surface area contributed by atoms with Crippen molar-refractivity contribution in [3.63, 3.8) is 0 Å². The number of aryl methyl sites for hydroxylation is 2. The van der Waals surface area contributed by atoms with Crippen LogP contribution in [0.2, 0.25) is 0 Å². The van der Waals surface area contributed by atoms with Crippen LogP contribution in [0.25, 0.3) is 5.69 Å². The van der Waals surface area contributed by atoms with Crippen LogP contribution >= 0.6 is 0 Å². The Balaban J connectivity index is 1.94. The number of amides is 1. The van der Waals surface area contributed by atoms with Crippen molar-refractivity contribution in [2.75, 3.05) is 5.32 Å². The molecule has 1 amide bonds. The van der Waals surface area contributed by atoms with Crippen LogP contribution in [0.5, 0.6) is 0 Å². The molecule has 6 nitrogen and oxygen atoms in total. The van der Waals surface area contributed by atoms with Crippen molar-refractivity contribution in [3.05, 3.63) is 59.9 Å². The Bertz CT molecular complexity index is 754. The van der Waals surface area contributed by atoms with E-state index in [1.165, 1.54) is 0 Å². The standard InChI is InChI=1S/C15H15N5O/c1-10-14(11(2)19-18-10)15(21)17-12-5-3-4-6-13(12)20-8-7-16-9-20/h3-9H,1-2H3,(H,17,21)(H,18,19). The summed E-state index contributed by atoms with van der Waals surface area (Å²) < 4.78 is 1.85. The minimum Gasteiger partial charge on any atom is -0.320 e. The lowest BCUT2D eigenvalue weighted by molar-refractivity contribution is 0.102. The van der Waals surface area contributed by atoms with E-state index in [2.05, 4.69) is 20.5 Å². The Labute approximate surface area is 121 Å². The molecule has 3 aromatic rings. The van der Waals surface area contributed by atoms with Gasteiger partial charge >= 0.3 is 0 Å². The second kappa shape index (κ2) is 5.24. The van der Waals surface area contributed by atoms with Crippen LogP contribution in [0.4, 0.5) is 5.69 Å². The highest BCUT2D eigenvalue weighted by molar-refractivity contribution is 6.06. The normalized spacial score (nSPS) is 10.6. The van der Waals surface area contributed by atoms with E-state index in [1.54, 1.807) is 19.4 Å². The predicted molar refractivity (Wildman–Crippen MR) is 79.6 cm³/mol. The summed E-state index contributed by atoms with van der Waals surface area (Å²) in [5.41, 5.74) is 3.60. The van der Waals surface area contributed by atoms with Gasteiger partial charge in [-0.25, -0.2) is 4.98 Å². The van der Waals surface area contributed by atoms with Gasteiger partial charge in [-0.05, 0) is 26.0 Å². The van der Waals surface area contributed by atoms with Crippen LogP contribution in [-0.4, -0.2) is 25.7 Å². The van der Waals surface area contributed by atoms with E-state index in [4.69, 9.17) is 0 Å². The molecule has 2 N–H and O–H groups in total. The quantitative estimate of drug-likeness (QED) is 0.774. The minimum absolute atomic E-state index is 0.175. The van der Waals surface area contributed by atoms with Crippen molar-refractivity contribution < 1.29 is 4.79 Å². The van der Waals surface area contributed by atoms with E-state index in [9.17, 15) is 4.79 Å².